The van der Waals surface area contributed by atoms with E-state index >= 15 is 0 Å². The summed E-state index contributed by atoms with van der Waals surface area (Å²) >= 11 is 0. The van der Waals surface area contributed by atoms with Gasteiger partial charge in [0.05, 0.1) is 11.1 Å². The Bertz CT molecular complexity index is 1450. The van der Waals surface area contributed by atoms with Crippen LogP contribution in [-0.2, 0) is 4.79 Å². The van der Waals surface area contributed by atoms with Crippen LogP contribution in [0.15, 0.2) is 36.4 Å². The van der Waals surface area contributed by atoms with Crippen LogP contribution < -0.4 is 5.32 Å². The molecular weight excluding hydrogens is 498 g/mol. The summed E-state index contributed by atoms with van der Waals surface area (Å²) in [5.74, 6) is -2.26. The molecule has 0 atom stereocenters. The summed E-state index contributed by atoms with van der Waals surface area (Å²) in [6, 6.07) is 9.08. The predicted molar refractivity (Wildman–Crippen MR) is 150 cm³/mol. The van der Waals surface area contributed by atoms with Crippen molar-refractivity contribution in [2.24, 2.45) is 0 Å². The molecule has 6 rings (SSSR count). The molecule has 0 spiro atoms. The van der Waals surface area contributed by atoms with Gasteiger partial charge in [-0.05, 0) is 89.0 Å². The first kappa shape index (κ1) is 26.8. The van der Waals surface area contributed by atoms with E-state index in [9.17, 15) is 18.4 Å². The molecule has 2 fully saturated rings. The minimum atomic E-state index is -0.963. The molecule has 2 saturated heterocycles. The third-order valence-electron chi connectivity index (χ3n) is 7.77. The van der Waals surface area contributed by atoms with Crippen LogP contribution in [0.25, 0.3) is 22.8 Å². The number of aromatic amines is 1. The maximum absolute atomic E-state index is 14.6. The van der Waals surface area contributed by atoms with Crippen molar-refractivity contribution in [3.8, 4) is 11.1 Å². The molecular formula is C31H34F2N4O2. The number of aryl methyl sites for hydroxylation is 1. The highest BCUT2D eigenvalue weighted by molar-refractivity contribution is 6.36. The lowest BCUT2D eigenvalue weighted by molar-refractivity contribution is -0.110. The summed E-state index contributed by atoms with van der Waals surface area (Å²) in [4.78, 5) is 33.4. The first-order valence-corrected chi connectivity index (χ1v) is 13.5. The van der Waals surface area contributed by atoms with Gasteiger partial charge >= 0.3 is 0 Å². The number of halogens is 2. The average molecular weight is 533 g/mol. The van der Waals surface area contributed by atoms with Gasteiger partial charge in [0.25, 0.3) is 11.8 Å². The van der Waals surface area contributed by atoms with E-state index in [0.717, 1.165) is 43.3 Å². The quantitative estimate of drug-likeness (QED) is 0.406. The second-order valence-electron chi connectivity index (χ2n) is 10.5. The molecule has 2 N–H and O–H groups in total. The lowest BCUT2D eigenvalue weighted by Crippen LogP contribution is -2.28. The predicted octanol–water partition coefficient (Wildman–Crippen LogP) is 6.02. The van der Waals surface area contributed by atoms with E-state index in [1.165, 1.54) is 38.1 Å². The smallest absolute Gasteiger partial charge is 0.256 e. The Kier molecular flexibility index (Phi) is 7.66. The fourth-order valence-corrected chi connectivity index (χ4v) is 5.66. The first-order valence-electron chi connectivity index (χ1n) is 13.5. The third-order valence-corrected chi connectivity index (χ3v) is 7.77. The van der Waals surface area contributed by atoms with Crippen LogP contribution in [0.4, 0.5) is 14.5 Å². The summed E-state index contributed by atoms with van der Waals surface area (Å²) in [7, 11) is 2.17. The van der Waals surface area contributed by atoms with Crippen molar-refractivity contribution in [3.63, 3.8) is 0 Å². The number of fused-ring (bicyclic) bond motifs is 1. The third kappa shape index (κ3) is 5.26. The van der Waals surface area contributed by atoms with Crippen LogP contribution in [0.1, 0.15) is 58.6 Å². The van der Waals surface area contributed by atoms with Gasteiger partial charge < -0.3 is 20.1 Å². The van der Waals surface area contributed by atoms with Gasteiger partial charge in [-0.1, -0.05) is 24.3 Å². The van der Waals surface area contributed by atoms with E-state index in [-0.39, 0.29) is 17.4 Å². The molecule has 4 heterocycles. The summed E-state index contributed by atoms with van der Waals surface area (Å²) in [6.07, 6.45) is 6.51. The zero-order valence-corrected chi connectivity index (χ0v) is 22.7. The SMILES string of the molecule is CN1CCCC1.Cc1[nH]c(/C=C2\C(=O)Nc3cccc(-c4cccc(F)c4F)c32)c(C)c1C(=O)N1CCCC1. The molecule has 204 valence electrons. The Balaban J connectivity index is 0.000000455. The largest absolute Gasteiger partial charge is 0.358 e. The minimum Gasteiger partial charge on any atom is -0.358 e. The molecule has 2 amide bonds. The van der Waals surface area contributed by atoms with E-state index in [1.807, 2.05) is 18.7 Å². The topological polar surface area (TPSA) is 68.4 Å². The number of hydrogen-bond donors (Lipinski definition) is 2. The Morgan fingerprint density at radius 1 is 0.923 bits per heavy atom. The second-order valence-corrected chi connectivity index (χ2v) is 10.5. The van der Waals surface area contributed by atoms with E-state index in [1.54, 1.807) is 24.3 Å². The molecule has 6 nitrogen and oxygen atoms in total. The van der Waals surface area contributed by atoms with Crippen molar-refractivity contribution in [1.29, 1.82) is 0 Å². The molecule has 39 heavy (non-hydrogen) atoms. The zero-order chi connectivity index (χ0) is 27.7. The number of anilines is 1. The molecule has 3 aliphatic rings. The highest BCUT2D eigenvalue weighted by Gasteiger charge is 2.30. The summed E-state index contributed by atoms with van der Waals surface area (Å²) in [5, 5.41) is 2.81. The van der Waals surface area contributed by atoms with E-state index in [2.05, 4.69) is 22.2 Å². The van der Waals surface area contributed by atoms with E-state index < -0.39 is 11.6 Å². The number of benzene rings is 2. The Hall–Kier alpha value is -3.78. The van der Waals surface area contributed by atoms with Crippen LogP contribution in [0.3, 0.4) is 0 Å². The van der Waals surface area contributed by atoms with Crippen LogP contribution in [0.5, 0.6) is 0 Å². The Labute approximate surface area is 227 Å². The Morgan fingerprint density at radius 3 is 2.23 bits per heavy atom. The number of amides is 2. The maximum atomic E-state index is 14.6. The first-order chi connectivity index (χ1) is 18.8. The second kappa shape index (κ2) is 11.1. The fraction of sp³-hybridized carbons (Fsp3) is 0.355. The normalized spacial score (nSPS) is 17.8. The number of carbonyl (C=O) groups excluding carboxylic acids is 2. The average Bonchev–Trinajstić information content (AvgIpc) is 3.71. The molecule has 0 unspecified atom stereocenters. The van der Waals surface area contributed by atoms with E-state index in [4.69, 9.17) is 0 Å². The van der Waals surface area contributed by atoms with Crippen molar-refractivity contribution in [2.45, 2.75) is 39.5 Å². The molecule has 0 bridgehead atoms. The van der Waals surface area contributed by atoms with Crippen LogP contribution in [0.2, 0.25) is 0 Å². The number of likely N-dealkylation sites (tertiary alicyclic amines) is 2. The minimum absolute atomic E-state index is 0.0119. The van der Waals surface area contributed by atoms with Gasteiger partial charge in [-0.25, -0.2) is 8.78 Å². The van der Waals surface area contributed by atoms with Gasteiger partial charge in [0.2, 0.25) is 0 Å². The standard InChI is InChI=1S/C26H23F2N3O2.C5H11N/c1-14-21(29-15(2)22(14)26(33)31-11-3-4-12-31)13-18-23-16(7-6-10-20(23)30-25(18)32)17-8-5-9-19(27)24(17)28;1-6-4-2-3-5-6/h5-10,13,29H,3-4,11-12H2,1-2H3,(H,30,32);2-5H2,1H3/b18-13-;. The lowest BCUT2D eigenvalue weighted by atomic mass is 9.93. The number of H-pyrrole nitrogens is 1. The maximum Gasteiger partial charge on any atom is 0.256 e. The molecule has 1 aromatic heterocycles. The van der Waals surface area contributed by atoms with Gasteiger partial charge in [0.1, 0.15) is 0 Å². The fourth-order valence-electron chi connectivity index (χ4n) is 5.66. The van der Waals surface area contributed by atoms with Crippen LogP contribution in [-0.4, -0.2) is 59.8 Å². The summed E-state index contributed by atoms with van der Waals surface area (Å²) in [5.41, 5.74) is 4.62. The number of hydrogen-bond acceptors (Lipinski definition) is 3. The highest BCUT2D eigenvalue weighted by atomic mass is 19.2. The number of rotatable bonds is 3. The van der Waals surface area contributed by atoms with Crippen LogP contribution >= 0.6 is 0 Å². The molecule has 0 radical (unpaired) electrons. The van der Waals surface area contributed by atoms with Crippen molar-refractivity contribution in [3.05, 3.63) is 76.1 Å². The van der Waals surface area contributed by atoms with Crippen molar-refractivity contribution < 1.29 is 18.4 Å². The Morgan fingerprint density at radius 2 is 1.56 bits per heavy atom. The van der Waals surface area contributed by atoms with Gasteiger partial charge in [-0.15, -0.1) is 0 Å². The van der Waals surface area contributed by atoms with Gasteiger partial charge in [-0.2, -0.15) is 0 Å². The van der Waals surface area contributed by atoms with Crippen LogP contribution in [0, 0.1) is 25.5 Å². The van der Waals surface area contributed by atoms with Crippen molar-refractivity contribution in [1.82, 2.24) is 14.8 Å². The molecule has 8 heteroatoms. The summed E-state index contributed by atoms with van der Waals surface area (Å²) < 4.78 is 28.5. The molecule has 0 aliphatic carbocycles. The number of carbonyl (C=O) groups is 2. The summed E-state index contributed by atoms with van der Waals surface area (Å²) in [6.45, 7) is 7.83. The number of nitrogens with zero attached hydrogens (tertiary/aromatic N) is 2. The molecule has 0 saturated carbocycles. The number of aromatic nitrogens is 1. The molecule has 3 aliphatic heterocycles. The van der Waals surface area contributed by atoms with Crippen molar-refractivity contribution >= 4 is 29.2 Å². The lowest BCUT2D eigenvalue weighted by Gasteiger charge is -2.15. The monoisotopic (exact) mass is 532 g/mol. The molecule has 3 aromatic rings. The van der Waals surface area contributed by atoms with Gasteiger partial charge in [-0.3, -0.25) is 9.59 Å². The highest BCUT2D eigenvalue weighted by Crippen LogP contribution is 2.41. The van der Waals surface area contributed by atoms with Gasteiger partial charge in [0, 0.05) is 41.3 Å². The zero-order valence-electron chi connectivity index (χ0n) is 22.7. The van der Waals surface area contributed by atoms with E-state index in [0.29, 0.717) is 33.6 Å². The van der Waals surface area contributed by atoms with Gasteiger partial charge in [0.15, 0.2) is 11.6 Å². The molecule has 2 aromatic carbocycles. The number of nitrogens with one attached hydrogen (secondary N) is 2. The van der Waals surface area contributed by atoms with Crippen molar-refractivity contribution in [2.75, 3.05) is 38.5 Å².